The van der Waals surface area contributed by atoms with Crippen LogP contribution in [0.25, 0.3) is 0 Å². The van der Waals surface area contributed by atoms with E-state index >= 15 is 0 Å². The molecular weight excluding hydrogens is 586 g/mol. The highest BCUT2D eigenvalue weighted by molar-refractivity contribution is 5.80. The number of ether oxygens (including phenoxy) is 1. The molecule has 0 aliphatic rings. The fraction of sp³-hybridized carbons (Fsp3) is 0.537. The second-order valence-corrected chi connectivity index (χ2v) is 11.4. The maximum atomic E-state index is 12.5. The van der Waals surface area contributed by atoms with E-state index in [0.717, 1.165) is 77.0 Å². The van der Waals surface area contributed by atoms with Gasteiger partial charge in [-0.2, -0.15) is 0 Å². The van der Waals surface area contributed by atoms with Gasteiger partial charge in [-0.15, -0.1) is 0 Å². The van der Waals surface area contributed by atoms with Crippen LogP contribution in [0.2, 0.25) is 0 Å². The van der Waals surface area contributed by atoms with Crippen molar-refractivity contribution < 1.29 is 24.2 Å². The summed E-state index contributed by atoms with van der Waals surface area (Å²) >= 11 is 0. The van der Waals surface area contributed by atoms with E-state index in [1.807, 2.05) is 12.2 Å². The van der Waals surface area contributed by atoms with Gasteiger partial charge < -0.3 is 15.2 Å². The van der Waals surface area contributed by atoms with Crippen molar-refractivity contribution in [1.82, 2.24) is 5.32 Å². The molecule has 0 spiro atoms. The average molecular weight is 650 g/mol. The van der Waals surface area contributed by atoms with Crippen molar-refractivity contribution in [2.45, 2.75) is 136 Å². The number of unbranched alkanes of at least 4 members (excludes halogenated alkanes) is 5. The maximum absolute atomic E-state index is 12.5. The van der Waals surface area contributed by atoms with Crippen LogP contribution in [-0.4, -0.2) is 35.6 Å². The van der Waals surface area contributed by atoms with E-state index in [1.165, 1.54) is 12.8 Å². The molecule has 0 saturated carbocycles. The van der Waals surface area contributed by atoms with Crippen LogP contribution in [0.4, 0.5) is 0 Å². The second kappa shape index (κ2) is 35.2. The zero-order valence-corrected chi connectivity index (χ0v) is 29.3. The quantitative estimate of drug-likeness (QED) is 0.0459. The summed E-state index contributed by atoms with van der Waals surface area (Å²) in [5.41, 5.74) is 0. The highest BCUT2D eigenvalue weighted by atomic mass is 16.5. The first-order valence-electron chi connectivity index (χ1n) is 17.9. The molecule has 0 aromatic heterocycles. The van der Waals surface area contributed by atoms with E-state index in [1.54, 1.807) is 0 Å². The molecule has 2 N–H and O–H groups in total. The molecule has 0 saturated heterocycles. The van der Waals surface area contributed by atoms with Crippen molar-refractivity contribution in [2.75, 3.05) is 6.54 Å². The van der Waals surface area contributed by atoms with Crippen molar-refractivity contribution in [1.29, 1.82) is 0 Å². The van der Waals surface area contributed by atoms with Gasteiger partial charge >= 0.3 is 11.9 Å². The number of amides is 1. The first-order chi connectivity index (χ1) is 23.0. The summed E-state index contributed by atoms with van der Waals surface area (Å²) in [6.07, 6.45) is 49.8. The number of carboxylic acid groups (broad SMARTS) is 1. The molecule has 1 unspecified atom stereocenters. The third-order valence-corrected chi connectivity index (χ3v) is 6.99. The standard InChI is InChI=1S/C41H63NO5/c1-3-5-7-9-11-12-13-14-15-16-17-18-19-20-21-22-24-26-32-36-41(46)47-38(33-29-25-23-10-8-6-4-2)34-30-27-28-31-35-39(43)42-37-40(44)45/h5,7,10-12,14-15,17-18,20-21,23-24,26,29,33,38H,3-4,6,8-9,13,16,19,22,25,27-28,30-32,34-37H2,1-2H3,(H,42,43)(H,44,45)/b7-5-,12-11-,15-14-,18-17-,21-20-,23-10-,26-24-,33-29-. The van der Waals surface area contributed by atoms with E-state index < -0.39 is 5.97 Å². The molecule has 0 aliphatic heterocycles. The topological polar surface area (TPSA) is 92.7 Å². The van der Waals surface area contributed by atoms with E-state index in [-0.39, 0.29) is 24.5 Å². The highest BCUT2D eigenvalue weighted by Crippen LogP contribution is 2.13. The number of hydrogen-bond donors (Lipinski definition) is 2. The highest BCUT2D eigenvalue weighted by Gasteiger charge is 2.11. The minimum Gasteiger partial charge on any atom is -0.480 e. The predicted octanol–water partition coefficient (Wildman–Crippen LogP) is 10.6. The van der Waals surface area contributed by atoms with Crippen LogP contribution in [0.3, 0.4) is 0 Å². The molecule has 0 radical (unpaired) electrons. The smallest absolute Gasteiger partial charge is 0.322 e. The molecule has 0 rings (SSSR count). The normalized spacial score (nSPS) is 13.2. The van der Waals surface area contributed by atoms with Crippen molar-refractivity contribution in [3.05, 3.63) is 97.2 Å². The van der Waals surface area contributed by atoms with Crippen molar-refractivity contribution in [3.8, 4) is 0 Å². The largest absolute Gasteiger partial charge is 0.480 e. The summed E-state index contributed by atoms with van der Waals surface area (Å²) in [6, 6.07) is 0. The average Bonchev–Trinajstić information content (AvgIpc) is 3.05. The fourth-order valence-corrected chi connectivity index (χ4v) is 4.36. The molecule has 0 aromatic carbocycles. The van der Waals surface area contributed by atoms with Crippen LogP contribution in [0, 0.1) is 0 Å². The lowest BCUT2D eigenvalue weighted by atomic mass is 10.1. The summed E-state index contributed by atoms with van der Waals surface area (Å²) in [7, 11) is 0. The monoisotopic (exact) mass is 649 g/mol. The van der Waals surface area contributed by atoms with E-state index in [0.29, 0.717) is 25.7 Å². The Kier molecular flexibility index (Phi) is 32.4. The molecule has 1 amide bonds. The van der Waals surface area contributed by atoms with Crippen molar-refractivity contribution >= 4 is 17.8 Å². The number of carbonyl (C=O) groups excluding carboxylic acids is 2. The molecule has 6 nitrogen and oxygen atoms in total. The lowest BCUT2D eigenvalue weighted by molar-refractivity contribution is -0.147. The van der Waals surface area contributed by atoms with Gasteiger partial charge in [0.15, 0.2) is 0 Å². The molecular formula is C41H63NO5. The Bertz CT molecular complexity index is 1030. The molecule has 0 aliphatic carbocycles. The summed E-state index contributed by atoms with van der Waals surface area (Å²) < 4.78 is 5.80. The van der Waals surface area contributed by atoms with E-state index in [2.05, 4.69) is 104 Å². The number of carbonyl (C=O) groups is 3. The molecule has 262 valence electrons. The van der Waals surface area contributed by atoms with Crippen molar-refractivity contribution in [3.63, 3.8) is 0 Å². The third-order valence-electron chi connectivity index (χ3n) is 6.99. The number of aliphatic carboxylic acids is 1. The number of hydrogen-bond acceptors (Lipinski definition) is 4. The third kappa shape index (κ3) is 35.0. The number of nitrogens with one attached hydrogen (secondary N) is 1. The lowest BCUT2D eigenvalue weighted by Crippen LogP contribution is -2.28. The van der Waals surface area contributed by atoms with E-state index in [4.69, 9.17) is 9.84 Å². The molecule has 47 heavy (non-hydrogen) atoms. The number of allylic oxidation sites excluding steroid dienone is 15. The van der Waals surface area contributed by atoms with Gasteiger partial charge in [0.1, 0.15) is 12.6 Å². The first kappa shape index (κ1) is 43.3. The minimum absolute atomic E-state index is 0.187. The summed E-state index contributed by atoms with van der Waals surface area (Å²) in [6.45, 7) is 3.99. The summed E-state index contributed by atoms with van der Waals surface area (Å²) in [4.78, 5) is 34.7. The molecule has 0 bridgehead atoms. The van der Waals surface area contributed by atoms with Gasteiger partial charge in [0.2, 0.25) is 5.91 Å². The van der Waals surface area contributed by atoms with Gasteiger partial charge in [-0.05, 0) is 83.1 Å². The van der Waals surface area contributed by atoms with Crippen LogP contribution in [-0.2, 0) is 19.1 Å². The molecule has 0 fully saturated rings. The van der Waals surface area contributed by atoms with Gasteiger partial charge in [-0.25, -0.2) is 0 Å². The zero-order valence-electron chi connectivity index (χ0n) is 29.3. The Labute approximate surface area is 286 Å². The predicted molar refractivity (Wildman–Crippen MR) is 198 cm³/mol. The summed E-state index contributed by atoms with van der Waals surface area (Å²) in [5.74, 6) is -1.46. The van der Waals surface area contributed by atoms with Gasteiger partial charge in [-0.3, -0.25) is 14.4 Å². The Hall–Kier alpha value is -3.67. The van der Waals surface area contributed by atoms with Crippen LogP contribution < -0.4 is 5.32 Å². The minimum atomic E-state index is -1.04. The van der Waals surface area contributed by atoms with Gasteiger partial charge in [0, 0.05) is 12.8 Å². The Balaban J connectivity index is 4.31. The van der Waals surface area contributed by atoms with Crippen LogP contribution in [0.15, 0.2) is 97.2 Å². The molecule has 6 heteroatoms. The fourth-order valence-electron chi connectivity index (χ4n) is 4.36. The number of esters is 1. The first-order valence-corrected chi connectivity index (χ1v) is 17.9. The summed E-state index contributed by atoms with van der Waals surface area (Å²) in [5, 5.41) is 11.0. The zero-order chi connectivity index (χ0) is 34.5. The van der Waals surface area contributed by atoms with Gasteiger partial charge in [0.05, 0.1) is 0 Å². The Morgan fingerprint density at radius 2 is 1.11 bits per heavy atom. The Morgan fingerprint density at radius 3 is 1.66 bits per heavy atom. The van der Waals surface area contributed by atoms with Crippen LogP contribution in [0.1, 0.15) is 129 Å². The number of rotatable bonds is 30. The molecule has 1 atom stereocenters. The molecule has 0 aromatic rings. The maximum Gasteiger partial charge on any atom is 0.322 e. The van der Waals surface area contributed by atoms with Crippen LogP contribution >= 0.6 is 0 Å². The SMILES string of the molecule is CC/C=C\C/C=C\C/C=C\C/C=C\C/C=C\C/C=C\CCC(=O)OC(/C=C\C/C=C\CCCC)CCCCCCC(=O)NCC(=O)O. The van der Waals surface area contributed by atoms with Crippen LogP contribution in [0.5, 0.6) is 0 Å². The second-order valence-electron chi connectivity index (χ2n) is 11.4. The van der Waals surface area contributed by atoms with E-state index in [9.17, 15) is 14.4 Å². The number of carboxylic acids is 1. The molecule has 0 heterocycles. The van der Waals surface area contributed by atoms with Gasteiger partial charge in [-0.1, -0.05) is 131 Å². The van der Waals surface area contributed by atoms with Crippen molar-refractivity contribution in [2.24, 2.45) is 0 Å². The lowest BCUT2D eigenvalue weighted by Gasteiger charge is -2.14. The Morgan fingerprint density at radius 1 is 0.596 bits per heavy atom. The van der Waals surface area contributed by atoms with Gasteiger partial charge in [0.25, 0.3) is 0 Å².